The van der Waals surface area contributed by atoms with Crippen LogP contribution in [0.1, 0.15) is 37.1 Å². The second kappa shape index (κ2) is 7.12. The lowest BCUT2D eigenvalue weighted by atomic mass is 9.94. The minimum Gasteiger partial charge on any atom is -0.509 e. The van der Waals surface area contributed by atoms with E-state index < -0.39 is 0 Å². The smallest absolute Gasteiger partial charge is 0.138 e. The first-order valence-electron chi connectivity index (χ1n) is 8.07. The first-order valence-corrected chi connectivity index (χ1v) is 8.89. The van der Waals surface area contributed by atoms with Gasteiger partial charge in [0, 0.05) is 6.04 Å². The van der Waals surface area contributed by atoms with Crippen LogP contribution in [0.15, 0.2) is 30.0 Å². The van der Waals surface area contributed by atoms with E-state index in [0.29, 0.717) is 23.2 Å². The molecule has 1 saturated carbocycles. The number of aromatic nitrogens is 1. The van der Waals surface area contributed by atoms with Crippen molar-refractivity contribution in [1.82, 2.24) is 9.88 Å². The standard InChI is InChI=1S/C18H21N3OS/c1-21(13-7-3-2-4-8-13)12-16(22)14(11-19)18-20-15-9-5-6-10-17(15)23-18/h5-6,9-10,13,22H,2-4,7-8,12H2,1H3/b16-14+. The van der Waals surface area contributed by atoms with Crippen LogP contribution in [0.5, 0.6) is 0 Å². The van der Waals surface area contributed by atoms with Crippen LogP contribution in [-0.4, -0.2) is 34.6 Å². The van der Waals surface area contributed by atoms with E-state index >= 15 is 0 Å². The molecule has 0 bridgehead atoms. The normalized spacial score (nSPS) is 17.3. The lowest BCUT2D eigenvalue weighted by Gasteiger charge is -2.30. The summed E-state index contributed by atoms with van der Waals surface area (Å²) in [4.78, 5) is 6.65. The van der Waals surface area contributed by atoms with Gasteiger partial charge in [0.05, 0.1) is 16.8 Å². The predicted octanol–water partition coefficient (Wildman–Crippen LogP) is 4.35. The summed E-state index contributed by atoms with van der Waals surface area (Å²) in [6.07, 6.45) is 6.16. The van der Waals surface area contributed by atoms with Gasteiger partial charge in [-0.3, -0.25) is 4.90 Å². The van der Waals surface area contributed by atoms with Gasteiger partial charge in [0.1, 0.15) is 22.4 Å². The summed E-state index contributed by atoms with van der Waals surface area (Å²) < 4.78 is 1.03. The van der Waals surface area contributed by atoms with Gasteiger partial charge in [-0.15, -0.1) is 11.3 Å². The Labute approximate surface area is 140 Å². The van der Waals surface area contributed by atoms with Gasteiger partial charge < -0.3 is 5.11 Å². The molecule has 4 nitrogen and oxygen atoms in total. The Bertz CT molecular complexity index is 720. The summed E-state index contributed by atoms with van der Waals surface area (Å²) in [6.45, 7) is 0.406. The molecule has 1 fully saturated rings. The average Bonchev–Trinajstić information content (AvgIpc) is 2.99. The Morgan fingerprint density at radius 1 is 1.35 bits per heavy atom. The predicted molar refractivity (Wildman–Crippen MR) is 94.3 cm³/mol. The van der Waals surface area contributed by atoms with Crippen LogP contribution in [0.2, 0.25) is 0 Å². The van der Waals surface area contributed by atoms with E-state index in [-0.39, 0.29) is 5.76 Å². The molecule has 1 aromatic heterocycles. The number of thiazole rings is 1. The second-order valence-electron chi connectivity index (χ2n) is 6.13. The number of para-hydroxylation sites is 1. The Morgan fingerprint density at radius 2 is 2.09 bits per heavy atom. The van der Waals surface area contributed by atoms with Crippen molar-refractivity contribution in [3.8, 4) is 6.07 Å². The van der Waals surface area contributed by atoms with E-state index in [2.05, 4.69) is 16.0 Å². The van der Waals surface area contributed by atoms with Crippen LogP contribution >= 0.6 is 11.3 Å². The third kappa shape index (κ3) is 3.54. The van der Waals surface area contributed by atoms with Crippen molar-refractivity contribution in [3.05, 3.63) is 35.0 Å². The Hall–Kier alpha value is -1.90. The third-order valence-corrected chi connectivity index (χ3v) is 5.56. The van der Waals surface area contributed by atoms with Crippen molar-refractivity contribution in [2.24, 2.45) is 0 Å². The molecule has 0 atom stereocenters. The summed E-state index contributed by atoms with van der Waals surface area (Å²) >= 11 is 1.45. The van der Waals surface area contributed by atoms with Gasteiger partial charge in [0.25, 0.3) is 0 Å². The number of allylic oxidation sites excluding steroid dienone is 1. The molecule has 1 N–H and O–H groups in total. The highest BCUT2D eigenvalue weighted by Crippen LogP contribution is 2.29. The van der Waals surface area contributed by atoms with E-state index in [0.717, 1.165) is 10.2 Å². The Kier molecular flexibility index (Phi) is 4.94. The number of nitriles is 1. The molecule has 1 aromatic carbocycles. The molecule has 3 rings (SSSR count). The maximum atomic E-state index is 10.5. The highest BCUT2D eigenvalue weighted by atomic mass is 32.1. The quantitative estimate of drug-likeness (QED) is 0.670. The molecule has 1 aliphatic carbocycles. The number of rotatable bonds is 4. The molecular formula is C18H21N3OS. The zero-order valence-electron chi connectivity index (χ0n) is 13.3. The van der Waals surface area contributed by atoms with Crippen molar-refractivity contribution in [2.75, 3.05) is 13.6 Å². The van der Waals surface area contributed by atoms with E-state index in [4.69, 9.17) is 0 Å². The molecule has 23 heavy (non-hydrogen) atoms. The van der Waals surface area contributed by atoms with Crippen LogP contribution in [0.4, 0.5) is 0 Å². The summed E-state index contributed by atoms with van der Waals surface area (Å²) in [5.74, 6) is 0.125. The van der Waals surface area contributed by atoms with Crippen molar-refractivity contribution in [1.29, 1.82) is 5.26 Å². The molecule has 1 aliphatic rings. The highest BCUT2D eigenvalue weighted by molar-refractivity contribution is 7.19. The number of hydrogen-bond acceptors (Lipinski definition) is 5. The summed E-state index contributed by atoms with van der Waals surface area (Å²) in [7, 11) is 2.03. The summed E-state index contributed by atoms with van der Waals surface area (Å²) in [6, 6.07) is 10.4. The number of aliphatic hydroxyl groups is 1. The van der Waals surface area contributed by atoms with E-state index in [1.54, 1.807) is 0 Å². The number of fused-ring (bicyclic) bond motifs is 1. The van der Waals surface area contributed by atoms with Crippen LogP contribution in [0, 0.1) is 11.3 Å². The minimum absolute atomic E-state index is 0.125. The molecule has 5 heteroatoms. The van der Waals surface area contributed by atoms with E-state index in [9.17, 15) is 10.4 Å². The monoisotopic (exact) mass is 327 g/mol. The molecule has 0 spiro atoms. The van der Waals surface area contributed by atoms with Gasteiger partial charge in [-0.2, -0.15) is 5.26 Å². The van der Waals surface area contributed by atoms with E-state index in [1.807, 2.05) is 31.3 Å². The molecule has 1 heterocycles. The van der Waals surface area contributed by atoms with Crippen LogP contribution in [0.25, 0.3) is 15.8 Å². The number of hydrogen-bond donors (Lipinski definition) is 1. The van der Waals surface area contributed by atoms with E-state index in [1.165, 1.54) is 43.4 Å². The largest absolute Gasteiger partial charge is 0.509 e. The van der Waals surface area contributed by atoms with Gasteiger partial charge in [-0.25, -0.2) is 4.98 Å². The average molecular weight is 327 g/mol. The topological polar surface area (TPSA) is 60.1 Å². The summed E-state index contributed by atoms with van der Waals surface area (Å²) in [5, 5.41) is 20.5. The van der Waals surface area contributed by atoms with Gasteiger partial charge in [-0.05, 0) is 32.0 Å². The molecule has 0 radical (unpaired) electrons. The lowest BCUT2D eigenvalue weighted by molar-refractivity contribution is 0.184. The fourth-order valence-corrected chi connectivity index (χ4v) is 4.16. The van der Waals surface area contributed by atoms with Gasteiger partial charge in [0.15, 0.2) is 0 Å². The molecular weight excluding hydrogens is 306 g/mol. The molecule has 2 aromatic rings. The Morgan fingerprint density at radius 3 is 2.78 bits per heavy atom. The van der Waals surface area contributed by atoms with Crippen molar-refractivity contribution >= 4 is 27.1 Å². The lowest BCUT2D eigenvalue weighted by Crippen LogP contribution is -2.35. The van der Waals surface area contributed by atoms with Crippen LogP contribution in [0.3, 0.4) is 0 Å². The SMILES string of the molecule is CN(C/C(O)=C(/C#N)c1nc2ccccc2s1)C1CCCCC1. The van der Waals surface area contributed by atoms with Crippen molar-refractivity contribution in [2.45, 2.75) is 38.1 Å². The molecule has 0 aliphatic heterocycles. The van der Waals surface area contributed by atoms with Gasteiger partial charge in [-0.1, -0.05) is 31.4 Å². The number of aliphatic hydroxyl groups excluding tert-OH is 1. The fraction of sp³-hybridized carbons (Fsp3) is 0.444. The maximum Gasteiger partial charge on any atom is 0.138 e. The third-order valence-electron chi connectivity index (χ3n) is 4.51. The molecule has 120 valence electrons. The number of likely N-dealkylation sites (N-methyl/N-ethyl adjacent to an activating group) is 1. The van der Waals surface area contributed by atoms with Crippen molar-refractivity contribution < 1.29 is 5.11 Å². The molecule has 0 saturated heterocycles. The second-order valence-corrected chi connectivity index (χ2v) is 7.16. The summed E-state index contributed by atoms with van der Waals surface area (Å²) in [5.41, 5.74) is 1.17. The fourth-order valence-electron chi connectivity index (χ4n) is 3.18. The first kappa shape index (κ1) is 16.0. The van der Waals surface area contributed by atoms with Gasteiger partial charge in [0.2, 0.25) is 0 Å². The number of benzene rings is 1. The van der Waals surface area contributed by atoms with Crippen molar-refractivity contribution in [3.63, 3.8) is 0 Å². The molecule has 0 unspecified atom stereocenters. The molecule has 0 amide bonds. The first-order chi connectivity index (χ1) is 11.2. The Balaban J connectivity index is 1.82. The van der Waals surface area contributed by atoms with Gasteiger partial charge >= 0.3 is 0 Å². The highest BCUT2D eigenvalue weighted by Gasteiger charge is 2.21. The zero-order valence-corrected chi connectivity index (χ0v) is 14.1. The minimum atomic E-state index is 0.125. The van der Waals surface area contributed by atoms with Crippen LogP contribution < -0.4 is 0 Å². The van der Waals surface area contributed by atoms with Crippen LogP contribution in [-0.2, 0) is 0 Å². The maximum absolute atomic E-state index is 10.5. The zero-order chi connectivity index (χ0) is 16.2. The number of nitrogens with zero attached hydrogens (tertiary/aromatic N) is 3.